The Morgan fingerprint density at radius 3 is 2.29 bits per heavy atom. The van der Waals surface area contributed by atoms with Crippen LogP contribution < -0.4 is 5.32 Å². The summed E-state index contributed by atoms with van der Waals surface area (Å²) < 4.78 is 6.34. The maximum atomic E-state index is 12.0. The van der Waals surface area contributed by atoms with Gasteiger partial charge in [0, 0.05) is 28.5 Å². The Morgan fingerprint density at radius 2 is 1.75 bits per heavy atom. The molecule has 0 saturated heterocycles. The monoisotopic (exact) mass is 452 g/mol. The standard InChI is InChI=1S/C21H29BrN2O4/c1-21(2,3)28-19(25)23-15-8-10-16(11-9-15)24(20(26)27)18-12-17(18)13-4-6-14(22)7-5-13/h4-7,15-18H,8-12H2,1-3H3,(H,23,25)(H,26,27)/t15?,16?,17-,18+/m0/s1. The summed E-state index contributed by atoms with van der Waals surface area (Å²) in [4.78, 5) is 25.6. The smallest absolute Gasteiger partial charge is 0.407 e. The Hall–Kier alpha value is -1.76. The molecule has 2 N–H and O–H groups in total. The van der Waals surface area contributed by atoms with Crippen molar-refractivity contribution in [3.05, 3.63) is 34.3 Å². The Bertz CT molecular complexity index is 708. The molecule has 0 unspecified atom stereocenters. The van der Waals surface area contributed by atoms with E-state index in [9.17, 15) is 14.7 Å². The van der Waals surface area contributed by atoms with E-state index < -0.39 is 17.8 Å². The first-order chi connectivity index (χ1) is 13.1. The van der Waals surface area contributed by atoms with Crippen LogP contribution in [0.3, 0.4) is 0 Å². The second-order valence-electron chi connectivity index (χ2n) is 8.80. The number of alkyl carbamates (subject to hydrolysis) is 1. The molecule has 154 valence electrons. The number of benzene rings is 1. The van der Waals surface area contributed by atoms with Crippen LogP contribution >= 0.6 is 15.9 Å². The molecule has 2 amide bonds. The normalized spacial score (nSPS) is 27.0. The number of hydrogen-bond donors (Lipinski definition) is 2. The zero-order valence-electron chi connectivity index (χ0n) is 16.7. The predicted molar refractivity (Wildman–Crippen MR) is 111 cm³/mol. The lowest BCUT2D eigenvalue weighted by molar-refractivity contribution is 0.0471. The molecule has 0 heterocycles. The Balaban J connectivity index is 1.54. The van der Waals surface area contributed by atoms with Crippen LogP contribution in [0.1, 0.15) is 64.4 Å². The van der Waals surface area contributed by atoms with Crippen molar-refractivity contribution in [1.29, 1.82) is 0 Å². The van der Waals surface area contributed by atoms with Gasteiger partial charge in [0.25, 0.3) is 0 Å². The summed E-state index contributed by atoms with van der Waals surface area (Å²) in [6.45, 7) is 5.52. The molecule has 0 bridgehead atoms. The van der Waals surface area contributed by atoms with Crippen LogP contribution in [-0.4, -0.2) is 45.9 Å². The lowest BCUT2D eigenvalue weighted by atomic mass is 9.90. The van der Waals surface area contributed by atoms with Crippen molar-refractivity contribution < 1.29 is 19.4 Å². The first-order valence-corrected chi connectivity index (χ1v) is 10.7. The molecule has 0 aromatic heterocycles. The Morgan fingerprint density at radius 1 is 1.14 bits per heavy atom. The van der Waals surface area contributed by atoms with Gasteiger partial charge in [-0.2, -0.15) is 0 Å². The highest BCUT2D eigenvalue weighted by molar-refractivity contribution is 9.10. The zero-order valence-corrected chi connectivity index (χ0v) is 18.2. The van der Waals surface area contributed by atoms with E-state index in [-0.39, 0.29) is 24.0 Å². The molecule has 1 aromatic carbocycles. The van der Waals surface area contributed by atoms with Crippen LogP contribution in [0.5, 0.6) is 0 Å². The van der Waals surface area contributed by atoms with Crippen LogP contribution in [0.4, 0.5) is 9.59 Å². The van der Waals surface area contributed by atoms with E-state index in [0.717, 1.165) is 36.6 Å². The van der Waals surface area contributed by atoms with Gasteiger partial charge in [-0.15, -0.1) is 0 Å². The lowest BCUT2D eigenvalue weighted by Crippen LogP contribution is -2.47. The number of rotatable bonds is 4. The fourth-order valence-electron chi connectivity index (χ4n) is 4.10. The van der Waals surface area contributed by atoms with Crippen molar-refractivity contribution in [3.63, 3.8) is 0 Å². The van der Waals surface area contributed by atoms with Gasteiger partial charge in [-0.05, 0) is 70.6 Å². The molecule has 1 aromatic rings. The fraction of sp³-hybridized carbons (Fsp3) is 0.619. The van der Waals surface area contributed by atoms with Gasteiger partial charge in [0.1, 0.15) is 5.60 Å². The van der Waals surface area contributed by atoms with E-state index in [1.165, 1.54) is 5.56 Å². The van der Waals surface area contributed by atoms with E-state index >= 15 is 0 Å². The number of carboxylic acid groups (broad SMARTS) is 1. The minimum Gasteiger partial charge on any atom is -0.465 e. The third kappa shape index (κ3) is 5.40. The summed E-state index contributed by atoms with van der Waals surface area (Å²) in [6.07, 6.45) is 2.69. The van der Waals surface area contributed by atoms with Gasteiger partial charge in [-0.3, -0.25) is 0 Å². The number of amides is 2. The number of halogens is 1. The molecule has 28 heavy (non-hydrogen) atoms. The molecular weight excluding hydrogens is 424 g/mol. The van der Waals surface area contributed by atoms with Gasteiger partial charge in [0.15, 0.2) is 0 Å². The summed E-state index contributed by atoms with van der Waals surface area (Å²) in [5.41, 5.74) is 0.676. The molecule has 7 heteroatoms. The number of carbonyl (C=O) groups excluding carboxylic acids is 1. The van der Waals surface area contributed by atoms with Crippen molar-refractivity contribution in [2.75, 3.05) is 0 Å². The molecule has 0 aliphatic heterocycles. The number of hydrogen-bond acceptors (Lipinski definition) is 3. The van der Waals surface area contributed by atoms with Gasteiger partial charge >= 0.3 is 12.2 Å². The molecule has 0 spiro atoms. The zero-order chi connectivity index (χ0) is 20.5. The van der Waals surface area contributed by atoms with E-state index in [0.29, 0.717) is 0 Å². The summed E-state index contributed by atoms with van der Waals surface area (Å²) in [5, 5.41) is 12.7. The molecule has 2 fully saturated rings. The first kappa shape index (κ1) is 21.0. The summed E-state index contributed by atoms with van der Waals surface area (Å²) in [5.74, 6) is 0.279. The second-order valence-corrected chi connectivity index (χ2v) is 9.72. The molecule has 2 atom stereocenters. The van der Waals surface area contributed by atoms with Crippen molar-refractivity contribution in [3.8, 4) is 0 Å². The van der Waals surface area contributed by atoms with Crippen LogP contribution in [0.2, 0.25) is 0 Å². The van der Waals surface area contributed by atoms with E-state index in [1.807, 2.05) is 32.9 Å². The van der Waals surface area contributed by atoms with E-state index in [2.05, 4.69) is 33.4 Å². The third-order valence-electron chi connectivity index (χ3n) is 5.44. The molecule has 0 radical (unpaired) electrons. The van der Waals surface area contributed by atoms with Gasteiger partial charge in [-0.1, -0.05) is 28.1 Å². The second kappa shape index (κ2) is 8.31. The quantitative estimate of drug-likeness (QED) is 0.663. The van der Waals surface area contributed by atoms with Gasteiger partial charge in [0.2, 0.25) is 0 Å². The minimum absolute atomic E-state index is 0.0136. The van der Waals surface area contributed by atoms with Crippen LogP contribution in [0.15, 0.2) is 28.7 Å². The largest absolute Gasteiger partial charge is 0.465 e. The topological polar surface area (TPSA) is 78.9 Å². The average molecular weight is 453 g/mol. The first-order valence-electron chi connectivity index (χ1n) is 9.90. The van der Waals surface area contributed by atoms with Gasteiger partial charge in [0.05, 0.1) is 0 Å². The predicted octanol–water partition coefficient (Wildman–Crippen LogP) is 5.12. The molecular formula is C21H29BrN2O4. The number of carbonyl (C=O) groups is 2. The highest BCUT2D eigenvalue weighted by atomic mass is 79.9. The molecule has 6 nitrogen and oxygen atoms in total. The molecule has 2 aliphatic rings. The Labute approximate surface area is 174 Å². The average Bonchev–Trinajstić information content (AvgIpc) is 3.35. The summed E-state index contributed by atoms with van der Waals surface area (Å²) in [6, 6.07) is 8.25. The van der Waals surface area contributed by atoms with Gasteiger partial charge in [-0.25, -0.2) is 9.59 Å². The molecule has 2 aliphatic carbocycles. The van der Waals surface area contributed by atoms with Crippen molar-refractivity contribution >= 4 is 28.1 Å². The summed E-state index contributed by atoms with van der Waals surface area (Å²) >= 11 is 3.44. The highest BCUT2D eigenvalue weighted by Gasteiger charge is 2.48. The molecule has 2 saturated carbocycles. The SMILES string of the molecule is CC(C)(C)OC(=O)NC1CCC(N(C(=O)O)[C@@H]2C[C@H]2c2ccc(Br)cc2)CC1. The van der Waals surface area contributed by atoms with E-state index in [4.69, 9.17) is 4.74 Å². The molecule has 3 rings (SSSR count). The number of nitrogens with one attached hydrogen (secondary N) is 1. The van der Waals surface area contributed by atoms with Gasteiger partial charge < -0.3 is 20.1 Å². The highest BCUT2D eigenvalue weighted by Crippen LogP contribution is 2.47. The Kier molecular flexibility index (Phi) is 6.22. The summed E-state index contributed by atoms with van der Waals surface area (Å²) in [7, 11) is 0. The third-order valence-corrected chi connectivity index (χ3v) is 5.97. The number of ether oxygens (including phenoxy) is 1. The van der Waals surface area contributed by atoms with Crippen LogP contribution in [-0.2, 0) is 4.74 Å². The fourth-order valence-corrected chi connectivity index (χ4v) is 4.36. The minimum atomic E-state index is -0.840. The van der Waals surface area contributed by atoms with Crippen molar-refractivity contribution in [1.82, 2.24) is 10.2 Å². The van der Waals surface area contributed by atoms with E-state index in [1.54, 1.807) is 4.90 Å². The maximum Gasteiger partial charge on any atom is 0.407 e. The van der Waals surface area contributed by atoms with Crippen molar-refractivity contribution in [2.24, 2.45) is 0 Å². The lowest BCUT2D eigenvalue weighted by Gasteiger charge is -2.36. The number of nitrogens with zero attached hydrogens (tertiary/aromatic N) is 1. The maximum absolute atomic E-state index is 12.0. The van der Waals surface area contributed by atoms with Crippen LogP contribution in [0.25, 0.3) is 0 Å². The van der Waals surface area contributed by atoms with Crippen LogP contribution in [0, 0.1) is 0 Å². The van der Waals surface area contributed by atoms with Crippen molar-refractivity contribution in [2.45, 2.75) is 82.5 Å².